The fraction of sp³-hybridized carbons (Fsp3) is 0.179. The minimum Gasteiger partial charge on any atom is -0.368 e. The molecule has 1 saturated heterocycles. The zero-order valence-electron chi connectivity index (χ0n) is 19.6. The van der Waals surface area contributed by atoms with Crippen molar-refractivity contribution in [3.63, 3.8) is 0 Å². The smallest absolute Gasteiger partial charge is 0.283 e. The molecule has 0 radical (unpaired) electrons. The number of fused-ring (bicyclic) bond motifs is 3. The van der Waals surface area contributed by atoms with Crippen molar-refractivity contribution in [1.82, 2.24) is 19.4 Å². The van der Waals surface area contributed by atoms with Gasteiger partial charge in [-0.3, -0.25) is 14.2 Å². The van der Waals surface area contributed by atoms with Crippen LogP contribution in [0.2, 0.25) is 0 Å². The van der Waals surface area contributed by atoms with Crippen LogP contribution in [-0.4, -0.2) is 57.3 Å². The van der Waals surface area contributed by atoms with Gasteiger partial charge in [0.2, 0.25) is 5.91 Å². The second kappa shape index (κ2) is 9.54. The van der Waals surface area contributed by atoms with E-state index in [9.17, 15) is 9.59 Å². The molecule has 6 rings (SSSR count). The molecule has 0 unspecified atom stereocenters. The van der Waals surface area contributed by atoms with Gasteiger partial charge in [0.05, 0.1) is 11.4 Å². The van der Waals surface area contributed by atoms with E-state index in [4.69, 9.17) is 4.98 Å². The fourth-order valence-corrected chi connectivity index (χ4v) is 5.62. The molecule has 0 bridgehead atoms. The van der Waals surface area contributed by atoms with Gasteiger partial charge >= 0.3 is 0 Å². The minimum absolute atomic E-state index is 0.0561. The van der Waals surface area contributed by atoms with Crippen LogP contribution in [-0.2, 0) is 4.79 Å². The number of aromatic nitrogens is 3. The van der Waals surface area contributed by atoms with E-state index in [1.165, 1.54) is 17.4 Å². The Balaban J connectivity index is 1.27. The van der Waals surface area contributed by atoms with Crippen LogP contribution in [0.15, 0.2) is 94.9 Å². The summed E-state index contributed by atoms with van der Waals surface area (Å²) in [6, 6.07) is 27.5. The quantitative estimate of drug-likeness (QED) is 0.291. The molecule has 0 aliphatic carbocycles. The molecule has 7 nitrogen and oxygen atoms in total. The van der Waals surface area contributed by atoms with Crippen LogP contribution in [0.4, 0.5) is 5.69 Å². The summed E-state index contributed by atoms with van der Waals surface area (Å²) in [6.45, 7) is 2.95. The number of nitrogens with zero attached hydrogens (tertiary/aromatic N) is 4. The van der Waals surface area contributed by atoms with E-state index in [-0.39, 0.29) is 17.2 Å². The molecule has 3 heterocycles. The van der Waals surface area contributed by atoms with Gasteiger partial charge in [0.15, 0.2) is 5.16 Å². The molecule has 5 aromatic rings. The van der Waals surface area contributed by atoms with Gasteiger partial charge in [-0.05, 0) is 30.3 Å². The third-order valence-electron chi connectivity index (χ3n) is 6.59. The summed E-state index contributed by atoms with van der Waals surface area (Å²) in [5.41, 5.74) is 3.70. The predicted octanol–water partition coefficient (Wildman–Crippen LogP) is 4.31. The van der Waals surface area contributed by atoms with E-state index in [1.807, 2.05) is 77.7 Å². The molecule has 1 N–H and O–H groups in total. The maximum absolute atomic E-state index is 13.6. The lowest BCUT2D eigenvalue weighted by molar-refractivity contribution is -0.128. The van der Waals surface area contributed by atoms with Crippen molar-refractivity contribution in [2.75, 3.05) is 36.8 Å². The zero-order chi connectivity index (χ0) is 24.5. The maximum atomic E-state index is 13.6. The van der Waals surface area contributed by atoms with E-state index < -0.39 is 0 Å². The molecule has 1 amide bonds. The predicted molar refractivity (Wildman–Crippen MR) is 145 cm³/mol. The van der Waals surface area contributed by atoms with Crippen molar-refractivity contribution >= 4 is 45.3 Å². The summed E-state index contributed by atoms with van der Waals surface area (Å²) in [4.78, 5) is 39.1. The summed E-state index contributed by atoms with van der Waals surface area (Å²) < 4.78 is 1.60. The van der Waals surface area contributed by atoms with Crippen molar-refractivity contribution in [2.45, 2.75) is 5.16 Å². The van der Waals surface area contributed by atoms with Crippen molar-refractivity contribution < 1.29 is 4.79 Å². The molecule has 180 valence electrons. The highest BCUT2D eigenvalue weighted by atomic mass is 32.2. The van der Waals surface area contributed by atoms with Crippen molar-refractivity contribution in [1.29, 1.82) is 0 Å². The molecular weight excluding hydrogens is 470 g/mol. The summed E-state index contributed by atoms with van der Waals surface area (Å²) in [5, 5.41) is 1.41. The Labute approximate surface area is 212 Å². The Morgan fingerprint density at radius 3 is 2.19 bits per heavy atom. The van der Waals surface area contributed by atoms with Crippen LogP contribution in [0, 0.1) is 0 Å². The van der Waals surface area contributed by atoms with Crippen LogP contribution in [0.25, 0.3) is 27.6 Å². The number of hydrogen-bond donors (Lipinski definition) is 1. The molecular formula is C28H25N5O2S. The maximum Gasteiger partial charge on any atom is 0.283 e. The Morgan fingerprint density at radius 2 is 1.47 bits per heavy atom. The van der Waals surface area contributed by atoms with Gasteiger partial charge in [-0.2, -0.15) is 0 Å². The average Bonchev–Trinajstić information content (AvgIpc) is 3.32. The number of anilines is 1. The number of hydrogen-bond acceptors (Lipinski definition) is 5. The summed E-state index contributed by atoms with van der Waals surface area (Å²) in [7, 11) is 0. The van der Waals surface area contributed by atoms with Gasteiger partial charge < -0.3 is 14.8 Å². The monoisotopic (exact) mass is 495 g/mol. The van der Waals surface area contributed by atoms with Crippen LogP contribution in [0.5, 0.6) is 0 Å². The Hall–Kier alpha value is -4.04. The lowest BCUT2D eigenvalue weighted by atomic mass is 10.2. The van der Waals surface area contributed by atoms with Gasteiger partial charge in [0.25, 0.3) is 5.56 Å². The zero-order valence-corrected chi connectivity index (χ0v) is 20.4. The standard InChI is InChI=1S/C28H25N5O2S/c34-24(32-17-15-31(16-18-32)20-9-3-1-4-10-20)19-36-28-30-25-22-13-7-8-14-23(22)29-26(25)27(35)33(28)21-11-5-2-6-12-21/h1-14,29H,15-19H2. The number of H-pyrrole nitrogens is 1. The summed E-state index contributed by atoms with van der Waals surface area (Å²) in [6.07, 6.45) is 0. The van der Waals surface area contributed by atoms with Crippen molar-refractivity contribution in [2.24, 2.45) is 0 Å². The highest BCUT2D eigenvalue weighted by Gasteiger charge is 2.23. The second-order valence-electron chi connectivity index (χ2n) is 8.76. The van der Waals surface area contributed by atoms with Gasteiger partial charge in [0, 0.05) is 42.8 Å². The van der Waals surface area contributed by atoms with E-state index in [1.54, 1.807) is 4.57 Å². The first-order chi connectivity index (χ1) is 17.7. The fourth-order valence-electron chi connectivity index (χ4n) is 4.71. The lowest BCUT2D eigenvalue weighted by Crippen LogP contribution is -2.49. The third-order valence-corrected chi connectivity index (χ3v) is 7.51. The first kappa shape index (κ1) is 22.4. The summed E-state index contributed by atoms with van der Waals surface area (Å²) in [5.74, 6) is 0.277. The number of piperazine rings is 1. The molecule has 8 heteroatoms. The molecule has 3 aromatic carbocycles. The topological polar surface area (TPSA) is 74.2 Å². The Bertz CT molecular complexity index is 1590. The summed E-state index contributed by atoms with van der Waals surface area (Å²) >= 11 is 1.31. The van der Waals surface area contributed by atoms with Crippen molar-refractivity contribution in [3.8, 4) is 5.69 Å². The van der Waals surface area contributed by atoms with Gasteiger partial charge in [-0.15, -0.1) is 0 Å². The number of para-hydroxylation sites is 3. The molecule has 2 aromatic heterocycles. The van der Waals surface area contributed by atoms with Crippen LogP contribution >= 0.6 is 11.8 Å². The van der Waals surface area contributed by atoms with Gasteiger partial charge in [-0.1, -0.05) is 66.4 Å². The largest absolute Gasteiger partial charge is 0.368 e. The molecule has 0 spiro atoms. The highest BCUT2D eigenvalue weighted by molar-refractivity contribution is 7.99. The number of amides is 1. The number of aromatic amines is 1. The molecule has 1 aliphatic heterocycles. The third kappa shape index (κ3) is 4.13. The van der Waals surface area contributed by atoms with E-state index in [0.717, 1.165) is 29.7 Å². The molecule has 1 fully saturated rings. The van der Waals surface area contributed by atoms with Crippen LogP contribution in [0.3, 0.4) is 0 Å². The van der Waals surface area contributed by atoms with E-state index >= 15 is 0 Å². The normalized spacial score (nSPS) is 14.0. The van der Waals surface area contributed by atoms with Crippen molar-refractivity contribution in [3.05, 3.63) is 95.3 Å². The number of benzene rings is 3. The first-order valence-corrected chi connectivity index (χ1v) is 13.0. The van der Waals surface area contributed by atoms with E-state index in [0.29, 0.717) is 29.3 Å². The van der Waals surface area contributed by atoms with Gasteiger partial charge in [-0.25, -0.2) is 4.98 Å². The molecule has 36 heavy (non-hydrogen) atoms. The first-order valence-electron chi connectivity index (χ1n) is 12.0. The number of carbonyl (C=O) groups excluding carboxylic acids is 1. The van der Waals surface area contributed by atoms with Crippen LogP contribution < -0.4 is 10.5 Å². The second-order valence-corrected chi connectivity index (χ2v) is 9.70. The Morgan fingerprint density at radius 1 is 0.833 bits per heavy atom. The van der Waals surface area contributed by atoms with Gasteiger partial charge in [0.1, 0.15) is 11.0 Å². The average molecular weight is 496 g/mol. The SMILES string of the molecule is O=C(CSc1nc2c([nH]c3ccccc32)c(=O)n1-c1ccccc1)N1CCN(c2ccccc2)CC1. The Kier molecular flexibility index (Phi) is 5.95. The number of thioether (sulfide) groups is 1. The van der Waals surface area contributed by atoms with Crippen LogP contribution in [0.1, 0.15) is 0 Å². The number of rotatable bonds is 5. The molecule has 1 aliphatic rings. The molecule has 0 saturated carbocycles. The molecule has 0 atom stereocenters. The number of carbonyl (C=O) groups is 1. The lowest BCUT2D eigenvalue weighted by Gasteiger charge is -2.36. The van der Waals surface area contributed by atoms with E-state index in [2.05, 4.69) is 22.0 Å². The number of nitrogens with one attached hydrogen (secondary N) is 1. The highest BCUT2D eigenvalue weighted by Crippen LogP contribution is 2.26. The minimum atomic E-state index is -0.172.